The van der Waals surface area contributed by atoms with Gasteiger partial charge in [0.1, 0.15) is 10.7 Å². The van der Waals surface area contributed by atoms with Crippen LogP contribution >= 0.6 is 11.6 Å². The number of nitrogens with zero attached hydrogens (tertiary/aromatic N) is 2. The SMILES string of the molecule is CNc1ncc(S(=O)(=O)N(CC2CC2)C2CC2)cc1Cl. The van der Waals surface area contributed by atoms with E-state index >= 15 is 0 Å². The number of hydrogen-bond donors (Lipinski definition) is 1. The van der Waals surface area contributed by atoms with Gasteiger partial charge >= 0.3 is 0 Å². The van der Waals surface area contributed by atoms with E-state index in [0.717, 1.165) is 25.7 Å². The fraction of sp³-hybridized carbons (Fsp3) is 0.615. The predicted octanol–water partition coefficient (Wildman–Crippen LogP) is 2.34. The number of nitrogens with one attached hydrogen (secondary N) is 1. The van der Waals surface area contributed by atoms with Gasteiger partial charge in [0.2, 0.25) is 10.0 Å². The van der Waals surface area contributed by atoms with Crippen LogP contribution in [0.3, 0.4) is 0 Å². The molecule has 1 aromatic rings. The molecule has 110 valence electrons. The van der Waals surface area contributed by atoms with Gasteiger partial charge in [0.15, 0.2) is 0 Å². The molecule has 1 N–H and O–H groups in total. The Morgan fingerprint density at radius 1 is 1.40 bits per heavy atom. The molecule has 0 bridgehead atoms. The summed E-state index contributed by atoms with van der Waals surface area (Å²) in [5, 5.41) is 3.16. The Labute approximate surface area is 124 Å². The molecule has 0 aliphatic heterocycles. The zero-order chi connectivity index (χ0) is 14.3. The van der Waals surface area contributed by atoms with Crippen LogP contribution < -0.4 is 5.32 Å². The summed E-state index contributed by atoms with van der Waals surface area (Å²) in [4.78, 5) is 4.26. The maximum atomic E-state index is 12.7. The van der Waals surface area contributed by atoms with E-state index < -0.39 is 10.0 Å². The highest BCUT2D eigenvalue weighted by molar-refractivity contribution is 7.89. The molecule has 0 saturated heterocycles. The third kappa shape index (κ3) is 2.77. The summed E-state index contributed by atoms with van der Waals surface area (Å²) < 4.78 is 27.1. The molecule has 20 heavy (non-hydrogen) atoms. The van der Waals surface area contributed by atoms with Crippen LogP contribution in [0.2, 0.25) is 5.02 Å². The second-order valence-corrected chi connectivity index (χ2v) is 7.80. The Hall–Kier alpha value is -0.850. The van der Waals surface area contributed by atoms with Crippen molar-refractivity contribution in [3.63, 3.8) is 0 Å². The summed E-state index contributed by atoms with van der Waals surface area (Å²) in [7, 11) is -1.78. The third-order valence-electron chi connectivity index (χ3n) is 3.75. The fourth-order valence-corrected chi connectivity index (χ4v) is 4.30. The van der Waals surface area contributed by atoms with Crippen LogP contribution in [0.5, 0.6) is 0 Å². The van der Waals surface area contributed by atoms with Crippen molar-refractivity contribution in [3.8, 4) is 0 Å². The first-order chi connectivity index (χ1) is 9.52. The van der Waals surface area contributed by atoms with Gasteiger partial charge in [-0.15, -0.1) is 0 Å². The normalized spacial score (nSPS) is 19.4. The van der Waals surface area contributed by atoms with Gasteiger partial charge in [-0.2, -0.15) is 4.31 Å². The maximum absolute atomic E-state index is 12.7. The van der Waals surface area contributed by atoms with E-state index in [1.807, 2.05) is 0 Å². The highest BCUT2D eigenvalue weighted by Gasteiger charge is 2.41. The minimum absolute atomic E-state index is 0.170. The quantitative estimate of drug-likeness (QED) is 0.875. The summed E-state index contributed by atoms with van der Waals surface area (Å²) in [5.41, 5.74) is 0. The number of halogens is 1. The van der Waals surface area contributed by atoms with Gasteiger partial charge in [0, 0.05) is 25.8 Å². The average molecular weight is 316 g/mol. The van der Waals surface area contributed by atoms with E-state index in [0.29, 0.717) is 23.3 Å². The first-order valence-electron chi connectivity index (χ1n) is 6.87. The lowest BCUT2D eigenvalue weighted by Gasteiger charge is -2.21. The molecule has 2 aliphatic carbocycles. The molecule has 0 amide bonds. The van der Waals surface area contributed by atoms with Crippen LogP contribution in [0.15, 0.2) is 17.2 Å². The number of pyridine rings is 1. The zero-order valence-electron chi connectivity index (χ0n) is 11.3. The summed E-state index contributed by atoms with van der Waals surface area (Å²) in [5.74, 6) is 1.02. The van der Waals surface area contributed by atoms with Gasteiger partial charge in [-0.25, -0.2) is 13.4 Å². The van der Waals surface area contributed by atoms with Crippen LogP contribution in [0.1, 0.15) is 25.7 Å². The number of anilines is 1. The van der Waals surface area contributed by atoms with Crippen molar-refractivity contribution in [1.82, 2.24) is 9.29 Å². The van der Waals surface area contributed by atoms with Crippen molar-refractivity contribution < 1.29 is 8.42 Å². The van der Waals surface area contributed by atoms with E-state index in [4.69, 9.17) is 11.6 Å². The van der Waals surface area contributed by atoms with E-state index in [9.17, 15) is 8.42 Å². The second kappa shape index (κ2) is 5.16. The lowest BCUT2D eigenvalue weighted by Crippen LogP contribution is -2.35. The van der Waals surface area contributed by atoms with Crippen molar-refractivity contribution >= 4 is 27.4 Å². The summed E-state index contributed by atoms with van der Waals surface area (Å²) in [6, 6.07) is 1.65. The lowest BCUT2D eigenvalue weighted by atomic mass is 10.4. The van der Waals surface area contributed by atoms with Crippen molar-refractivity contribution in [1.29, 1.82) is 0 Å². The Kier molecular flexibility index (Phi) is 3.64. The molecule has 2 aliphatic rings. The number of rotatable bonds is 6. The Balaban J connectivity index is 1.90. The minimum Gasteiger partial charge on any atom is -0.372 e. The van der Waals surface area contributed by atoms with Crippen LogP contribution in [-0.2, 0) is 10.0 Å². The van der Waals surface area contributed by atoms with Gasteiger partial charge in [0.25, 0.3) is 0 Å². The summed E-state index contributed by atoms with van der Waals surface area (Å²) in [6.07, 6.45) is 5.58. The van der Waals surface area contributed by atoms with E-state index in [2.05, 4.69) is 10.3 Å². The number of aromatic nitrogens is 1. The smallest absolute Gasteiger partial charge is 0.244 e. The lowest BCUT2D eigenvalue weighted by molar-refractivity contribution is 0.388. The van der Waals surface area contributed by atoms with Gasteiger partial charge in [-0.3, -0.25) is 0 Å². The molecule has 0 spiro atoms. The van der Waals surface area contributed by atoms with Crippen molar-refractivity contribution in [3.05, 3.63) is 17.3 Å². The molecular weight excluding hydrogens is 298 g/mol. The zero-order valence-corrected chi connectivity index (χ0v) is 12.9. The van der Waals surface area contributed by atoms with E-state index in [1.54, 1.807) is 11.4 Å². The molecule has 1 heterocycles. The second-order valence-electron chi connectivity index (χ2n) is 5.50. The Bertz CT molecular complexity index is 612. The number of sulfonamides is 1. The topological polar surface area (TPSA) is 62.3 Å². The fourth-order valence-electron chi connectivity index (χ4n) is 2.24. The first-order valence-corrected chi connectivity index (χ1v) is 8.69. The molecule has 3 rings (SSSR count). The van der Waals surface area contributed by atoms with Crippen LogP contribution in [0, 0.1) is 5.92 Å². The number of hydrogen-bond acceptors (Lipinski definition) is 4. The van der Waals surface area contributed by atoms with Crippen LogP contribution in [0.4, 0.5) is 5.82 Å². The highest BCUT2D eigenvalue weighted by Crippen LogP contribution is 2.38. The molecule has 7 heteroatoms. The minimum atomic E-state index is -3.48. The monoisotopic (exact) mass is 315 g/mol. The van der Waals surface area contributed by atoms with Gasteiger partial charge in [0.05, 0.1) is 5.02 Å². The van der Waals surface area contributed by atoms with E-state index in [1.165, 1.54) is 12.3 Å². The third-order valence-corrected chi connectivity index (χ3v) is 5.92. The Morgan fingerprint density at radius 2 is 2.10 bits per heavy atom. The first kappa shape index (κ1) is 14.1. The summed E-state index contributed by atoms with van der Waals surface area (Å²) in [6.45, 7) is 0.637. The standard InChI is InChI=1S/C13H18ClN3O2S/c1-15-13-12(14)6-11(7-16-13)20(18,19)17(10-4-5-10)8-9-2-3-9/h6-7,9-10H,2-5,8H2,1H3,(H,15,16). The molecule has 0 aromatic carbocycles. The average Bonchev–Trinajstić information content (AvgIpc) is 3.27. The Morgan fingerprint density at radius 3 is 2.60 bits per heavy atom. The molecule has 0 radical (unpaired) electrons. The highest BCUT2D eigenvalue weighted by atomic mass is 35.5. The maximum Gasteiger partial charge on any atom is 0.244 e. The predicted molar refractivity (Wildman–Crippen MR) is 78.4 cm³/mol. The molecule has 1 aromatic heterocycles. The molecule has 2 saturated carbocycles. The van der Waals surface area contributed by atoms with Crippen molar-refractivity contribution in [2.45, 2.75) is 36.6 Å². The van der Waals surface area contributed by atoms with E-state index in [-0.39, 0.29) is 10.9 Å². The molecule has 2 fully saturated rings. The van der Waals surface area contributed by atoms with Gasteiger partial charge in [-0.05, 0) is 37.7 Å². The molecule has 0 unspecified atom stereocenters. The van der Waals surface area contributed by atoms with Gasteiger partial charge in [-0.1, -0.05) is 11.6 Å². The van der Waals surface area contributed by atoms with Crippen LogP contribution in [0.25, 0.3) is 0 Å². The van der Waals surface area contributed by atoms with Crippen molar-refractivity contribution in [2.75, 3.05) is 18.9 Å². The molecule has 5 nitrogen and oxygen atoms in total. The summed E-state index contributed by atoms with van der Waals surface area (Å²) >= 11 is 6.05. The largest absolute Gasteiger partial charge is 0.372 e. The van der Waals surface area contributed by atoms with Gasteiger partial charge < -0.3 is 5.32 Å². The molecule has 0 atom stereocenters. The van der Waals surface area contributed by atoms with Crippen molar-refractivity contribution in [2.24, 2.45) is 5.92 Å². The molecular formula is C13H18ClN3O2S. The van der Waals surface area contributed by atoms with Crippen LogP contribution in [-0.4, -0.2) is 37.3 Å².